The molecule has 0 aromatic heterocycles. The maximum absolute atomic E-state index is 11.2. The minimum Gasteiger partial charge on any atom is -0.385 e. The van der Waals surface area contributed by atoms with Crippen LogP contribution in [0.2, 0.25) is 0 Å². The van der Waals surface area contributed by atoms with Gasteiger partial charge in [0.2, 0.25) is 23.6 Å². The zero-order valence-electron chi connectivity index (χ0n) is 45.0. The number of likely N-dealkylation sites (N-methyl/N-ethyl adjacent to an activating group) is 2. The molecular formula is C47H100N4O16. The van der Waals surface area contributed by atoms with E-state index in [0.717, 1.165) is 104 Å². The quantitative estimate of drug-likeness (QED) is 0.135. The normalized spacial score (nSPS) is 14.4. The van der Waals surface area contributed by atoms with Crippen LogP contribution in [0.3, 0.4) is 0 Å². The second-order valence-electron chi connectivity index (χ2n) is 14.7. The molecule has 3 saturated heterocycles. The summed E-state index contributed by atoms with van der Waals surface area (Å²) in [4.78, 5) is 50.8. The van der Waals surface area contributed by atoms with Crippen molar-refractivity contribution in [3.05, 3.63) is 0 Å². The summed E-state index contributed by atoms with van der Waals surface area (Å²) in [5, 5.41) is 0. The predicted molar refractivity (Wildman–Crippen MR) is 262 cm³/mol. The summed E-state index contributed by atoms with van der Waals surface area (Å²) in [7, 11) is 19.6. The maximum atomic E-state index is 11.2. The van der Waals surface area contributed by atoms with Gasteiger partial charge in [0.25, 0.3) is 0 Å². The molecule has 3 rings (SSSR count). The molecule has 20 heteroatoms. The van der Waals surface area contributed by atoms with E-state index in [1.54, 1.807) is 75.9 Å². The molecule has 20 nitrogen and oxygen atoms in total. The van der Waals surface area contributed by atoms with Crippen molar-refractivity contribution in [1.82, 2.24) is 19.6 Å². The molecule has 0 N–H and O–H groups in total. The van der Waals surface area contributed by atoms with Crippen LogP contribution in [0.4, 0.5) is 0 Å². The summed E-state index contributed by atoms with van der Waals surface area (Å²) in [5.41, 5.74) is 0. The van der Waals surface area contributed by atoms with Gasteiger partial charge in [-0.25, -0.2) is 0 Å². The predicted octanol–water partition coefficient (Wildman–Crippen LogP) is 3.55. The molecule has 3 aliphatic rings. The van der Waals surface area contributed by atoms with E-state index in [1.807, 2.05) is 30.6 Å². The third-order valence-electron chi connectivity index (χ3n) is 9.05. The number of carbonyl (C=O) groups excluding carboxylic acids is 4. The summed E-state index contributed by atoms with van der Waals surface area (Å²) in [5.74, 6) is 0.312. The van der Waals surface area contributed by atoms with Gasteiger partial charge in [0.1, 0.15) is 26.4 Å². The fraction of sp³-hybridized carbons (Fsp3) is 0.915. The summed E-state index contributed by atoms with van der Waals surface area (Å²) >= 11 is 0. The van der Waals surface area contributed by atoms with Crippen LogP contribution in [0, 0.1) is 0 Å². The molecule has 0 aliphatic carbocycles. The molecule has 3 fully saturated rings. The lowest BCUT2D eigenvalue weighted by atomic mass is 10.1. The monoisotopic (exact) mass is 977 g/mol. The van der Waals surface area contributed by atoms with Crippen molar-refractivity contribution in [2.45, 2.75) is 78.2 Å². The summed E-state index contributed by atoms with van der Waals surface area (Å²) in [6.07, 6.45) is 9.61. The second-order valence-corrected chi connectivity index (χ2v) is 14.7. The van der Waals surface area contributed by atoms with Crippen molar-refractivity contribution in [3.8, 4) is 0 Å². The van der Waals surface area contributed by atoms with Gasteiger partial charge in [-0.2, -0.15) is 0 Å². The van der Waals surface area contributed by atoms with E-state index >= 15 is 0 Å². The molecule has 67 heavy (non-hydrogen) atoms. The molecule has 0 spiro atoms. The summed E-state index contributed by atoms with van der Waals surface area (Å²) < 4.78 is 57.4. The highest BCUT2D eigenvalue weighted by Crippen LogP contribution is 2.11. The van der Waals surface area contributed by atoms with Crippen molar-refractivity contribution in [2.75, 3.05) is 210 Å². The molecule has 0 aromatic carbocycles. The van der Waals surface area contributed by atoms with Crippen LogP contribution in [-0.2, 0) is 76.0 Å². The van der Waals surface area contributed by atoms with E-state index in [9.17, 15) is 19.2 Å². The smallest absolute Gasteiger partial charge is 0.248 e. The van der Waals surface area contributed by atoms with Crippen LogP contribution in [0.25, 0.3) is 0 Å². The number of methoxy groups -OCH3 is 10. The lowest BCUT2D eigenvalue weighted by Gasteiger charge is -2.26. The number of rotatable bonds is 23. The molecule has 1 atom stereocenters. The van der Waals surface area contributed by atoms with Crippen molar-refractivity contribution in [2.24, 2.45) is 0 Å². The van der Waals surface area contributed by atoms with Gasteiger partial charge in [0.15, 0.2) is 0 Å². The average molecular weight is 977 g/mol. The Hall–Kier alpha value is -2.60. The molecule has 404 valence electrons. The first-order valence-electron chi connectivity index (χ1n) is 23.4. The average Bonchev–Trinajstić information content (AvgIpc) is 4.08. The van der Waals surface area contributed by atoms with Gasteiger partial charge in [-0.3, -0.25) is 19.2 Å². The second kappa shape index (κ2) is 61.4. The van der Waals surface area contributed by atoms with E-state index < -0.39 is 0 Å². The fourth-order valence-corrected chi connectivity index (χ4v) is 5.35. The fourth-order valence-electron chi connectivity index (χ4n) is 5.35. The highest BCUT2D eigenvalue weighted by atomic mass is 16.5. The molecular weight excluding hydrogens is 877 g/mol. The van der Waals surface area contributed by atoms with E-state index in [0.29, 0.717) is 32.5 Å². The first-order chi connectivity index (χ1) is 32.3. The molecule has 1 unspecified atom stereocenters. The Labute approximate surface area is 407 Å². The zero-order valence-corrected chi connectivity index (χ0v) is 45.0. The standard InChI is InChI=1S/C8H15NO2.C7H13NO2.C7H15NO2.C6H12O2.C5H11NO2.2C5H12O2.C4H10O2/c1-11-7-8(10)9-5-3-2-4-6-9;1-10-6-7(9)8-4-2-3-5-8;1-4-8(5-2)7(9)6-10-3;1-7-5-6-3-2-4-8-6;1-6(2)5(7)4-8-3;1-6-4-3-5-7-2;1-3-7-5-4-6-2;1-5-3-4-6-2/h2-7H2,1H3;2-6H2,1H3;4-6H2,1-3H3;6H,2-5H2,1H3;4H2,1-3H3;2*3-5H2,1-2H3;3-4H2,1-2H3. The van der Waals surface area contributed by atoms with Crippen molar-refractivity contribution in [1.29, 1.82) is 0 Å². The number of nitrogens with zero attached hydrogens (tertiary/aromatic N) is 4. The largest absolute Gasteiger partial charge is 0.385 e. The third kappa shape index (κ3) is 55.9. The van der Waals surface area contributed by atoms with Crippen LogP contribution >= 0.6 is 0 Å². The summed E-state index contributed by atoms with van der Waals surface area (Å²) in [6, 6.07) is 0. The topological polar surface area (TPSA) is 192 Å². The van der Waals surface area contributed by atoms with Crippen LogP contribution in [0.5, 0.6) is 0 Å². The van der Waals surface area contributed by atoms with Gasteiger partial charge in [0, 0.05) is 151 Å². The highest BCUT2D eigenvalue weighted by Gasteiger charge is 2.17. The number of ether oxygens (including phenoxy) is 12. The van der Waals surface area contributed by atoms with Crippen molar-refractivity contribution < 1.29 is 76.0 Å². The number of carbonyl (C=O) groups is 4. The van der Waals surface area contributed by atoms with Crippen molar-refractivity contribution in [3.63, 3.8) is 0 Å². The van der Waals surface area contributed by atoms with Crippen molar-refractivity contribution >= 4 is 23.6 Å². The maximum Gasteiger partial charge on any atom is 0.248 e. The Balaban J connectivity index is -0.000000220. The first-order valence-corrected chi connectivity index (χ1v) is 23.4. The molecule has 3 aliphatic heterocycles. The Kier molecular flexibility index (Phi) is 67.3. The van der Waals surface area contributed by atoms with Gasteiger partial charge in [-0.05, 0) is 72.1 Å². The molecule has 0 aromatic rings. The van der Waals surface area contributed by atoms with Gasteiger partial charge in [-0.15, -0.1) is 0 Å². The molecule has 3 heterocycles. The van der Waals surface area contributed by atoms with E-state index in [2.05, 4.69) is 14.2 Å². The molecule has 0 bridgehead atoms. The lowest BCUT2D eigenvalue weighted by Crippen LogP contribution is -2.37. The van der Waals surface area contributed by atoms with E-state index in [1.165, 1.54) is 38.4 Å². The number of likely N-dealkylation sites (tertiary alicyclic amines) is 2. The number of piperidine rings is 1. The summed E-state index contributed by atoms with van der Waals surface area (Å²) in [6.45, 7) is 18.8. The lowest BCUT2D eigenvalue weighted by molar-refractivity contribution is -0.136. The van der Waals surface area contributed by atoms with Crippen LogP contribution < -0.4 is 0 Å². The van der Waals surface area contributed by atoms with Gasteiger partial charge >= 0.3 is 0 Å². The number of hydrogen-bond donors (Lipinski definition) is 0. The Morgan fingerprint density at radius 3 is 1.21 bits per heavy atom. The SMILES string of the molecule is CCN(CC)C(=O)COC.CCOCCOC.COCC(=O)N(C)C.COCC(=O)N1CCCC1.COCC(=O)N1CCCCC1.COCC1CCCO1.COCCCOC.COCCOC. The number of hydrogen-bond acceptors (Lipinski definition) is 16. The van der Waals surface area contributed by atoms with Gasteiger partial charge < -0.3 is 76.4 Å². The Morgan fingerprint density at radius 1 is 0.493 bits per heavy atom. The van der Waals surface area contributed by atoms with Gasteiger partial charge in [-0.1, -0.05) is 0 Å². The minimum absolute atomic E-state index is 0.00694. The highest BCUT2D eigenvalue weighted by molar-refractivity contribution is 5.78. The Morgan fingerprint density at radius 2 is 0.896 bits per heavy atom. The molecule has 0 saturated carbocycles. The molecule has 4 amide bonds. The Bertz CT molecular complexity index is 976. The van der Waals surface area contributed by atoms with Crippen LogP contribution in [0.1, 0.15) is 72.1 Å². The molecule has 0 radical (unpaired) electrons. The van der Waals surface area contributed by atoms with Crippen LogP contribution in [0.15, 0.2) is 0 Å². The van der Waals surface area contributed by atoms with E-state index in [4.69, 9.17) is 42.6 Å². The van der Waals surface area contributed by atoms with E-state index in [-0.39, 0.29) is 50.1 Å². The van der Waals surface area contributed by atoms with Crippen LogP contribution in [-0.4, -0.2) is 260 Å². The number of amides is 4. The first kappa shape index (κ1) is 73.4. The zero-order chi connectivity index (χ0) is 51.8. The minimum atomic E-state index is -0.00694. The van der Waals surface area contributed by atoms with Gasteiger partial charge in [0.05, 0.1) is 39.1 Å². The third-order valence-corrected chi connectivity index (χ3v) is 9.05.